The van der Waals surface area contributed by atoms with Gasteiger partial charge in [0.1, 0.15) is 4.91 Å². The van der Waals surface area contributed by atoms with Crippen LogP contribution in [-0.4, -0.2) is 40.2 Å². The Hall–Kier alpha value is -3.67. The molecule has 1 unspecified atom stereocenters. The number of hydrogen-bond donors (Lipinski definition) is 1. The molecule has 6 nitrogen and oxygen atoms in total. The lowest BCUT2D eigenvalue weighted by molar-refractivity contribution is -0.122. The Bertz CT molecular complexity index is 1400. The zero-order chi connectivity index (χ0) is 25.8. The van der Waals surface area contributed by atoms with Gasteiger partial charge in [0.15, 0.2) is 5.17 Å². The van der Waals surface area contributed by atoms with Crippen LogP contribution in [0.4, 0.5) is 11.4 Å². The van der Waals surface area contributed by atoms with Gasteiger partial charge in [0.2, 0.25) is 0 Å². The van der Waals surface area contributed by atoms with Gasteiger partial charge in [0.05, 0.1) is 40.6 Å². The van der Waals surface area contributed by atoms with Gasteiger partial charge in [-0.15, -0.1) is 11.8 Å². The lowest BCUT2D eigenvalue weighted by Gasteiger charge is -2.22. The van der Waals surface area contributed by atoms with Gasteiger partial charge in [0.25, 0.3) is 5.91 Å². The number of nitriles is 1. The van der Waals surface area contributed by atoms with Gasteiger partial charge in [-0.1, -0.05) is 60.7 Å². The largest absolute Gasteiger partial charge is 0.384 e. The van der Waals surface area contributed by atoms with E-state index in [1.165, 1.54) is 17.3 Å². The Kier molecular flexibility index (Phi) is 7.54. The summed E-state index contributed by atoms with van der Waals surface area (Å²) < 4.78 is 0. The molecule has 1 atom stereocenters. The molecule has 3 aromatic rings. The first-order chi connectivity index (χ1) is 18.1. The number of anilines is 1. The van der Waals surface area contributed by atoms with E-state index in [0.717, 1.165) is 28.6 Å². The molecule has 0 spiro atoms. The molecule has 2 aliphatic rings. The normalized spacial score (nSPS) is 20.5. The number of benzene rings is 3. The summed E-state index contributed by atoms with van der Waals surface area (Å²) in [6.07, 6.45) is 0. The molecule has 1 amide bonds. The van der Waals surface area contributed by atoms with Crippen LogP contribution in [0.15, 0.2) is 93.8 Å². The lowest BCUT2D eigenvalue weighted by atomic mass is 10.1. The number of carbonyl (C=O) groups is 1. The first kappa shape index (κ1) is 25.0. The molecule has 3 aromatic carbocycles. The number of hydrogen-bond acceptors (Lipinski definition) is 7. The molecule has 2 aliphatic heterocycles. The highest BCUT2D eigenvalue weighted by atomic mass is 32.2. The Morgan fingerprint density at radius 1 is 1.08 bits per heavy atom. The number of carbonyl (C=O) groups excluding carboxylic acids is 1. The van der Waals surface area contributed by atoms with Crippen molar-refractivity contribution in [1.29, 1.82) is 5.26 Å². The highest BCUT2D eigenvalue weighted by Crippen LogP contribution is 2.47. The number of amidine groups is 1. The Morgan fingerprint density at radius 3 is 2.51 bits per heavy atom. The predicted octanol–water partition coefficient (Wildman–Crippen LogP) is 6.34. The van der Waals surface area contributed by atoms with Crippen molar-refractivity contribution in [2.45, 2.75) is 19.5 Å². The van der Waals surface area contributed by atoms with Crippen LogP contribution in [0.1, 0.15) is 29.7 Å². The van der Waals surface area contributed by atoms with E-state index >= 15 is 0 Å². The maximum absolute atomic E-state index is 13.9. The second-order valence-corrected chi connectivity index (χ2v) is 10.7. The van der Waals surface area contributed by atoms with Crippen molar-refractivity contribution < 1.29 is 4.79 Å². The van der Waals surface area contributed by atoms with E-state index in [1.807, 2.05) is 49.4 Å². The van der Waals surface area contributed by atoms with Crippen LogP contribution in [0.5, 0.6) is 0 Å². The van der Waals surface area contributed by atoms with E-state index in [0.29, 0.717) is 27.9 Å². The van der Waals surface area contributed by atoms with Gasteiger partial charge >= 0.3 is 0 Å². The molecule has 0 aromatic heterocycles. The smallest absolute Gasteiger partial charge is 0.269 e. The molecule has 5 rings (SSSR count). The van der Waals surface area contributed by atoms with E-state index < -0.39 is 0 Å². The van der Waals surface area contributed by atoms with Gasteiger partial charge < -0.3 is 10.2 Å². The first-order valence-corrected chi connectivity index (χ1v) is 13.9. The highest BCUT2D eigenvalue weighted by Gasteiger charge is 2.40. The van der Waals surface area contributed by atoms with Crippen molar-refractivity contribution in [3.63, 3.8) is 0 Å². The summed E-state index contributed by atoms with van der Waals surface area (Å²) in [7, 11) is 2.06. The molecule has 2 heterocycles. The summed E-state index contributed by atoms with van der Waals surface area (Å²) in [5.41, 5.74) is 4.28. The molecule has 2 saturated heterocycles. The molecule has 1 N–H and O–H groups in total. The van der Waals surface area contributed by atoms with Gasteiger partial charge in [0, 0.05) is 19.3 Å². The number of nitrogens with one attached hydrogen (secondary N) is 1. The summed E-state index contributed by atoms with van der Waals surface area (Å²) in [5.74, 6) is 0.838. The third-order valence-electron chi connectivity index (χ3n) is 6.30. The monoisotopic (exact) mass is 525 g/mol. The van der Waals surface area contributed by atoms with Crippen LogP contribution in [0.2, 0.25) is 0 Å². The average Bonchev–Trinajstić information content (AvgIpc) is 3.45. The Morgan fingerprint density at radius 2 is 1.81 bits per heavy atom. The van der Waals surface area contributed by atoms with E-state index in [-0.39, 0.29) is 11.9 Å². The quantitative estimate of drug-likeness (QED) is 0.379. The minimum Gasteiger partial charge on any atom is -0.384 e. The van der Waals surface area contributed by atoms with Gasteiger partial charge in [-0.25, -0.2) is 4.99 Å². The standard InChI is InChI=1S/C29H27N5OS2/c1-3-31-23-15-14-21(17-30)16-24(23)32-29-34(18-20-10-6-4-7-11-20)27(35)26(37-29)28-33(2)25(19-36-28)22-12-8-5-9-13-22/h4-16,25,31H,3,18-19H2,1-2H3. The van der Waals surface area contributed by atoms with E-state index in [4.69, 9.17) is 4.99 Å². The van der Waals surface area contributed by atoms with Crippen LogP contribution in [-0.2, 0) is 11.3 Å². The Balaban J connectivity index is 1.55. The molecule has 0 aliphatic carbocycles. The number of rotatable bonds is 6. The zero-order valence-electron chi connectivity index (χ0n) is 20.7. The number of aliphatic imine (C=N–C) groups is 1. The van der Waals surface area contributed by atoms with Crippen LogP contribution in [0, 0.1) is 11.3 Å². The fraction of sp³-hybridized carbons (Fsp3) is 0.207. The van der Waals surface area contributed by atoms with Crippen LogP contribution >= 0.6 is 23.5 Å². The second-order valence-electron chi connectivity index (χ2n) is 8.73. The zero-order valence-corrected chi connectivity index (χ0v) is 22.4. The summed E-state index contributed by atoms with van der Waals surface area (Å²) in [6.45, 7) is 3.16. The molecule has 2 fully saturated rings. The van der Waals surface area contributed by atoms with Crippen molar-refractivity contribution in [2.24, 2.45) is 4.99 Å². The molecule has 0 saturated carbocycles. The first-order valence-electron chi connectivity index (χ1n) is 12.1. The molecular formula is C29H27N5OS2. The van der Waals surface area contributed by atoms with E-state index in [9.17, 15) is 10.1 Å². The minimum atomic E-state index is -0.0443. The summed E-state index contributed by atoms with van der Waals surface area (Å²) >= 11 is 3.13. The molecule has 37 heavy (non-hydrogen) atoms. The van der Waals surface area contributed by atoms with Crippen molar-refractivity contribution in [3.05, 3.63) is 105 Å². The van der Waals surface area contributed by atoms with E-state index in [1.54, 1.807) is 28.8 Å². The van der Waals surface area contributed by atoms with E-state index in [2.05, 4.69) is 47.6 Å². The lowest BCUT2D eigenvalue weighted by Crippen LogP contribution is -2.29. The van der Waals surface area contributed by atoms with Crippen LogP contribution in [0.3, 0.4) is 0 Å². The van der Waals surface area contributed by atoms with Gasteiger partial charge in [-0.05, 0) is 48.0 Å². The fourth-order valence-corrected chi connectivity index (χ4v) is 6.99. The predicted molar refractivity (Wildman–Crippen MR) is 153 cm³/mol. The van der Waals surface area contributed by atoms with Crippen molar-refractivity contribution in [2.75, 3.05) is 24.7 Å². The third-order valence-corrected chi connectivity index (χ3v) is 8.75. The van der Waals surface area contributed by atoms with Crippen molar-refractivity contribution in [1.82, 2.24) is 9.80 Å². The summed E-state index contributed by atoms with van der Waals surface area (Å²) in [4.78, 5) is 23.5. The number of amides is 1. The fourth-order valence-electron chi connectivity index (χ4n) is 4.39. The maximum Gasteiger partial charge on any atom is 0.269 e. The molecule has 0 bridgehead atoms. The average molecular weight is 526 g/mol. The molecule has 186 valence electrons. The second kappa shape index (κ2) is 11.2. The minimum absolute atomic E-state index is 0.0443. The number of nitrogens with zero attached hydrogens (tertiary/aromatic N) is 4. The Labute approximate surface area is 226 Å². The summed E-state index contributed by atoms with van der Waals surface area (Å²) in [5, 5.41) is 14.4. The molecule has 8 heteroatoms. The van der Waals surface area contributed by atoms with Crippen molar-refractivity contribution >= 4 is 46.0 Å². The van der Waals surface area contributed by atoms with Gasteiger partial charge in [-0.2, -0.15) is 5.26 Å². The van der Waals surface area contributed by atoms with Crippen LogP contribution in [0.25, 0.3) is 0 Å². The van der Waals surface area contributed by atoms with Crippen molar-refractivity contribution in [3.8, 4) is 6.07 Å². The molecule has 0 radical (unpaired) electrons. The molecular weight excluding hydrogens is 498 g/mol. The third kappa shape index (κ3) is 5.24. The maximum atomic E-state index is 13.9. The summed E-state index contributed by atoms with van der Waals surface area (Å²) in [6, 6.07) is 28.2. The number of thioether (sulfide) groups is 2. The van der Waals surface area contributed by atoms with Crippen LogP contribution < -0.4 is 5.32 Å². The van der Waals surface area contributed by atoms with Gasteiger partial charge in [-0.3, -0.25) is 9.69 Å². The topological polar surface area (TPSA) is 71.7 Å². The highest BCUT2D eigenvalue weighted by molar-refractivity contribution is 8.19. The SMILES string of the molecule is CCNc1ccc(C#N)cc1N=C1SC(=C2SCC(c3ccccc3)N2C)C(=O)N1Cc1ccccc1.